The molecule has 0 saturated carbocycles. The number of carbonyl (C=O) groups is 1. The van der Waals surface area contributed by atoms with Gasteiger partial charge in [-0.1, -0.05) is 0 Å². The maximum absolute atomic E-state index is 11.7. The first-order valence-corrected chi connectivity index (χ1v) is 5.51. The Kier molecular flexibility index (Phi) is 2.10. The van der Waals surface area contributed by atoms with Crippen LogP contribution in [0.2, 0.25) is 0 Å². The lowest BCUT2D eigenvalue weighted by Crippen LogP contribution is -2.11. The number of Topliss-reactive ketones (excluding diaryl/α,β-unsaturated/α-hetero) is 1. The summed E-state index contributed by atoms with van der Waals surface area (Å²) in [6.45, 7) is 0. The summed E-state index contributed by atoms with van der Waals surface area (Å²) >= 11 is 0. The van der Waals surface area contributed by atoms with E-state index in [1.54, 1.807) is 6.20 Å². The first-order valence-electron chi connectivity index (χ1n) is 5.51. The third-order valence-electron chi connectivity index (χ3n) is 3.01. The van der Waals surface area contributed by atoms with E-state index in [0.717, 1.165) is 29.7 Å². The quantitative estimate of drug-likeness (QED) is 0.727. The number of benzene rings is 1. The number of hydrogen-bond acceptors (Lipinski definition) is 2. The van der Waals surface area contributed by atoms with Crippen LogP contribution in [0.5, 0.6) is 0 Å². The van der Waals surface area contributed by atoms with Gasteiger partial charge < -0.3 is 0 Å². The van der Waals surface area contributed by atoms with Gasteiger partial charge in [-0.25, -0.2) is 4.68 Å². The fourth-order valence-electron chi connectivity index (χ4n) is 2.20. The highest BCUT2D eigenvalue weighted by atomic mass is 16.1. The molecule has 1 heterocycles. The Labute approximate surface area is 93.7 Å². The summed E-state index contributed by atoms with van der Waals surface area (Å²) in [4.78, 5) is 11.7. The predicted octanol–water partition coefficient (Wildman–Crippen LogP) is 2.39. The molecule has 0 radical (unpaired) electrons. The van der Waals surface area contributed by atoms with Crippen LogP contribution in [0, 0.1) is 0 Å². The summed E-state index contributed by atoms with van der Waals surface area (Å²) in [7, 11) is 0. The zero-order valence-corrected chi connectivity index (χ0v) is 8.89. The summed E-state index contributed by atoms with van der Waals surface area (Å²) in [5.74, 6) is 0.272. The maximum Gasteiger partial charge on any atom is 0.163 e. The Morgan fingerprint density at radius 3 is 3.00 bits per heavy atom. The van der Waals surface area contributed by atoms with Crippen LogP contribution < -0.4 is 0 Å². The van der Waals surface area contributed by atoms with E-state index in [1.165, 1.54) is 0 Å². The second-order valence-electron chi connectivity index (χ2n) is 4.07. The molecule has 0 fully saturated rings. The van der Waals surface area contributed by atoms with Gasteiger partial charge in [-0.05, 0) is 42.7 Å². The number of nitrogens with zero attached hydrogens (tertiary/aromatic N) is 2. The van der Waals surface area contributed by atoms with Crippen molar-refractivity contribution < 1.29 is 4.79 Å². The fraction of sp³-hybridized carbons (Fsp3) is 0.231. The predicted molar refractivity (Wildman–Crippen MR) is 60.8 cm³/mol. The largest absolute Gasteiger partial charge is 0.294 e. The average Bonchev–Trinajstić information content (AvgIpc) is 2.82. The molecule has 0 spiro atoms. The van der Waals surface area contributed by atoms with Crippen LogP contribution in [-0.2, 0) is 6.42 Å². The van der Waals surface area contributed by atoms with E-state index in [9.17, 15) is 4.79 Å². The average molecular weight is 212 g/mol. The maximum atomic E-state index is 11.7. The molecule has 2 aromatic rings. The minimum atomic E-state index is 0.272. The number of ketones is 1. The van der Waals surface area contributed by atoms with E-state index < -0.39 is 0 Å². The Morgan fingerprint density at radius 2 is 2.19 bits per heavy atom. The van der Waals surface area contributed by atoms with Gasteiger partial charge in [0.2, 0.25) is 0 Å². The zero-order chi connectivity index (χ0) is 11.0. The number of carbonyl (C=O) groups excluding carboxylic acids is 1. The fourth-order valence-corrected chi connectivity index (χ4v) is 2.20. The van der Waals surface area contributed by atoms with E-state index in [1.807, 2.05) is 29.1 Å². The van der Waals surface area contributed by atoms with Gasteiger partial charge in [0.1, 0.15) is 0 Å². The number of fused-ring (bicyclic) bond motifs is 1. The van der Waals surface area contributed by atoms with Gasteiger partial charge in [-0.15, -0.1) is 0 Å². The lowest BCUT2D eigenvalue weighted by molar-refractivity contribution is 0.0972. The summed E-state index contributed by atoms with van der Waals surface area (Å²) < 4.78 is 1.82. The first-order chi connectivity index (χ1) is 7.84. The minimum Gasteiger partial charge on any atom is -0.294 e. The highest BCUT2D eigenvalue weighted by molar-refractivity contribution is 5.98. The number of hydrogen-bond donors (Lipinski definition) is 0. The molecule has 3 nitrogen and oxygen atoms in total. The first kappa shape index (κ1) is 9.33. The van der Waals surface area contributed by atoms with E-state index >= 15 is 0 Å². The molecule has 0 saturated heterocycles. The third-order valence-corrected chi connectivity index (χ3v) is 3.01. The molecule has 1 aromatic heterocycles. The Hall–Kier alpha value is -1.90. The van der Waals surface area contributed by atoms with Crippen LogP contribution in [0.3, 0.4) is 0 Å². The van der Waals surface area contributed by atoms with E-state index in [0.29, 0.717) is 6.42 Å². The molecule has 0 N–H and O–H groups in total. The van der Waals surface area contributed by atoms with Crippen molar-refractivity contribution in [2.75, 3.05) is 0 Å². The highest BCUT2D eigenvalue weighted by Crippen LogP contribution is 2.23. The van der Waals surface area contributed by atoms with Crippen LogP contribution in [0.4, 0.5) is 0 Å². The SMILES string of the molecule is O=C1CCCc2cc(-n3cccn3)ccc21. The van der Waals surface area contributed by atoms with Crippen molar-refractivity contribution >= 4 is 5.78 Å². The van der Waals surface area contributed by atoms with Gasteiger partial charge in [-0.3, -0.25) is 4.79 Å². The molecule has 1 aliphatic rings. The van der Waals surface area contributed by atoms with Gasteiger partial charge >= 0.3 is 0 Å². The molecule has 0 unspecified atom stereocenters. The Bertz CT molecular complexity index is 529. The summed E-state index contributed by atoms with van der Waals surface area (Å²) in [5, 5.41) is 4.19. The smallest absolute Gasteiger partial charge is 0.163 e. The lowest BCUT2D eigenvalue weighted by Gasteiger charge is -2.15. The van der Waals surface area contributed by atoms with Gasteiger partial charge in [-0.2, -0.15) is 5.10 Å². The molecule has 16 heavy (non-hydrogen) atoms. The molecule has 1 aliphatic carbocycles. The van der Waals surface area contributed by atoms with Crippen molar-refractivity contribution in [1.82, 2.24) is 9.78 Å². The van der Waals surface area contributed by atoms with Gasteiger partial charge in [0.15, 0.2) is 5.78 Å². The molecule has 3 rings (SSSR count). The van der Waals surface area contributed by atoms with Crippen molar-refractivity contribution in [1.29, 1.82) is 0 Å². The van der Waals surface area contributed by atoms with Crippen molar-refractivity contribution in [2.24, 2.45) is 0 Å². The van der Waals surface area contributed by atoms with Crippen molar-refractivity contribution in [3.8, 4) is 5.69 Å². The summed E-state index contributed by atoms with van der Waals surface area (Å²) in [5.41, 5.74) is 3.07. The standard InChI is InChI=1S/C13H12N2O/c16-13-4-1-3-10-9-11(5-6-12(10)13)15-8-2-7-14-15/h2,5-9H,1,3-4H2. The second-order valence-corrected chi connectivity index (χ2v) is 4.07. The number of rotatable bonds is 1. The van der Waals surface area contributed by atoms with E-state index in [-0.39, 0.29) is 5.78 Å². The second kappa shape index (κ2) is 3.59. The highest BCUT2D eigenvalue weighted by Gasteiger charge is 2.17. The molecule has 3 heteroatoms. The van der Waals surface area contributed by atoms with E-state index in [4.69, 9.17) is 0 Å². The number of aromatic nitrogens is 2. The van der Waals surface area contributed by atoms with Crippen molar-refractivity contribution in [3.05, 3.63) is 47.8 Å². The molecular weight excluding hydrogens is 200 g/mol. The molecule has 0 aliphatic heterocycles. The van der Waals surface area contributed by atoms with Crippen molar-refractivity contribution in [3.63, 3.8) is 0 Å². The Morgan fingerprint density at radius 1 is 1.25 bits per heavy atom. The molecule has 1 aromatic carbocycles. The minimum absolute atomic E-state index is 0.272. The Balaban J connectivity index is 2.08. The molecule has 0 atom stereocenters. The number of aryl methyl sites for hydroxylation is 1. The van der Waals surface area contributed by atoms with Crippen LogP contribution in [0.25, 0.3) is 5.69 Å². The van der Waals surface area contributed by atoms with Gasteiger partial charge in [0, 0.05) is 24.4 Å². The zero-order valence-electron chi connectivity index (χ0n) is 8.89. The van der Waals surface area contributed by atoms with Crippen LogP contribution in [0.15, 0.2) is 36.7 Å². The van der Waals surface area contributed by atoms with Crippen molar-refractivity contribution in [2.45, 2.75) is 19.3 Å². The van der Waals surface area contributed by atoms with Crippen LogP contribution in [-0.4, -0.2) is 15.6 Å². The summed E-state index contributed by atoms with van der Waals surface area (Å²) in [6, 6.07) is 7.84. The topological polar surface area (TPSA) is 34.9 Å². The molecular formula is C13H12N2O. The third kappa shape index (κ3) is 1.45. The van der Waals surface area contributed by atoms with Crippen LogP contribution >= 0.6 is 0 Å². The molecule has 0 amide bonds. The van der Waals surface area contributed by atoms with Gasteiger partial charge in [0.05, 0.1) is 5.69 Å². The van der Waals surface area contributed by atoms with Gasteiger partial charge in [0.25, 0.3) is 0 Å². The molecule has 0 bridgehead atoms. The van der Waals surface area contributed by atoms with E-state index in [2.05, 4.69) is 11.2 Å². The molecule has 80 valence electrons. The normalized spacial score (nSPS) is 14.9. The lowest BCUT2D eigenvalue weighted by atomic mass is 9.90. The van der Waals surface area contributed by atoms with Crippen LogP contribution in [0.1, 0.15) is 28.8 Å². The monoisotopic (exact) mass is 212 g/mol. The summed E-state index contributed by atoms with van der Waals surface area (Å²) in [6.07, 6.45) is 6.32.